The number of hydrogen-bond donors (Lipinski definition) is 0. The van der Waals surface area contributed by atoms with Gasteiger partial charge < -0.3 is 14.4 Å². The highest BCUT2D eigenvalue weighted by molar-refractivity contribution is 7.98. The topological polar surface area (TPSA) is 38.8 Å². The summed E-state index contributed by atoms with van der Waals surface area (Å²) in [5.41, 5.74) is 1.93. The summed E-state index contributed by atoms with van der Waals surface area (Å²) in [7, 11) is 0. The van der Waals surface area contributed by atoms with Gasteiger partial charge in [-0.05, 0) is 62.4 Å². The van der Waals surface area contributed by atoms with Crippen LogP contribution in [0.25, 0.3) is 11.1 Å². The number of benzene rings is 2. The molecule has 0 spiro atoms. The maximum atomic E-state index is 11.9. The molecule has 144 valence electrons. The van der Waals surface area contributed by atoms with Crippen molar-refractivity contribution < 1.29 is 14.3 Å². The molecule has 1 saturated heterocycles. The minimum Gasteiger partial charge on any atom is -0.493 e. The molecule has 1 fully saturated rings. The summed E-state index contributed by atoms with van der Waals surface area (Å²) in [6.07, 6.45) is 1.84. The Balaban J connectivity index is 1.45. The lowest BCUT2D eigenvalue weighted by Crippen LogP contribution is -2.53. The van der Waals surface area contributed by atoms with E-state index in [1.54, 1.807) is 16.7 Å². The van der Waals surface area contributed by atoms with Gasteiger partial charge >= 0.3 is 6.09 Å². The first kappa shape index (κ1) is 19.6. The average molecular weight is 386 g/mol. The van der Waals surface area contributed by atoms with Gasteiger partial charge in [0, 0.05) is 23.9 Å². The molecule has 0 radical (unpaired) electrons. The third-order valence-corrected chi connectivity index (χ3v) is 5.12. The minimum absolute atomic E-state index is 0.240. The van der Waals surface area contributed by atoms with Crippen LogP contribution in [0, 0.1) is 5.92 Å². The van der Waals surface area contributed by atoms with Crippen LogP contribution < -0.4 is 4.74 Å². The Kier molecular flexibility index (Phi) is 6.00. The van der Waals surface area contributed by atoms with E-state index in [9.17, 15) is 4.79 Å². The Morgan fingerprint density at radius 3 is 2.11 bits per heavy atom. The monoisotopic (exact) mass is 385 g/mol. The van der Waals surface area contributed by atoms with Crippen molar-refractivity contribution in [1.82, 2.24) is 4.90 Å². The molecule has 1 amide bonds. The molecule has 3 rings (SSSR count). The van der Waals surface area contributed by atoms with Crippen molar-refractivity contribution in [2.75, 3.05) is 26.0 Å². The van der Waals surface area contributed by atoms with Crippen molar-refractivity contribution in [3.8, 4) is 16.9 Å². The fourth-order valence-corrected chi connectivity index (χ4v) is 3.30. The van der Waals surface area contributed by atoms with Crippen LogP contribution in [0.15, 0.2) is 53.4 Å². The second-order valence-electron chi connectivity index (χ2n) is 7.82. The van der Waals surface area contributed by atoms with E-state index in [4.69, 9.17) is 9.47 Å². The Labute approximate surface area is 165 Å². The van der Waals surface area contributed by atoms with Crippen molar-refractivity contribution in [2.24, 2.45) is 5.92 Å². The fraction of sp³-hybridized carbons (Fsp3) is 0.409. The molecule has 0 saturated carbocycles. The van der Waals surface area contributed by atoms with Gasteiger partial charge in [0.05, 0.1) is 6.61 Å². The lowest BCUT2D eigenvalue weighted by Gasteiger charge is -2.39. The number of carbonyl (C=O) groups excluding carboxylic acids is 1. The van der Waals surface area contributed by atoms with Crippen LogP contribution in [0.3, 0.4) is 0 Å². The van der Waals surface area contributed by atoms with E-state index >= 15 is 0 Å². The average Bonchev–Trinajstić information content (AvgIpc) is 2.59. The maximum Gasteiger partial charge on any atom is 0.410 e. The predicted octanol–water partition coefficient (Wildman–Crippen LogP) is 5.32. The lowest BCUT2D eigenvalue weighted by atomic mass is 10.0. The predicted molar refractivity (Wildman–Crippen MR) is 110 cm³/mol. The molecule has 1 heterocycles. The van der Waals surface area contributed by atoms with Crippen molar-refractivity contribution in [1.29, 1.82) is 0 Å². The number of nitrogens with zero attached hydrogens (tertiary/aromatic N) is 1. The Hall–Kier alpha value is -2.14. The smallest absolute Gasteiger partial charge is 0.410 e. The molecular weight excluding hydrogens is 358 g/mol. The highest BCUT2D eigenvalue weighted by Gasteiger charge is 2.33. The summed E-state index contributed by atoms with van der Waals surface area (Å²) in [6.45, 7) is 7.63. The van der Waals surface area contributed by atoms with E-state index in [2.05, 4.69) is 42.7 Å². The molecule has 1 aliphatic heterocycles. The normalized spacial score (nSPS) is 14.6. The summed E-state index contributed by atoms with van der Waals surface area (Å²) in [4.78, 5) is 14.9. The first-order valence-corrected chi connectivity index (χ1v) is 10.4. The van der Waals surface area contributed by atoms with Gasteiger partial charge in [0.2, 0.25) is 0 Å². The van der Waals surface area contributed by atoms with Gasteiger partial charge in [-0.15, -0.1) is 11.8 Å². The van der Waals surface area contributed by atoms with Gasteiger partial charge in [-0.1, -0.05) is 24.3 Å². The second kappa shape index (κ2) is 8.26. The minimum atomic E-state index is -0.448. The first-order valence-electron chi connectivity index (χ1n) is 9.19. The van der Waals surface area contributed by atoms with Crippen LogP contribution in [0.2, 0.25) is 0 Å². The van der Waals surface area contributed by atoms with Crippen LogP contribution >= 0.6 is 11.8 Å². The van der Waals surface area contributed by atoms with Crippen LogP contribution in [-0.2, 0) is 4.74 Å². The first-order chi connectivity index (χ1) is 12.8. The third-order valence-electron chi connectivity index (χ3n) is 4.37. The standard InChI is InChI=1S/C22H27NO3S/c1-22(2,3)26-21(24)23-13-16(14-23)15-25-19-9-5-17(6-10-19)18-7-11-20(27-4)12-8-18/h5-12,16H,13-15H2,1-4H3. The van der Waals surface area contributed by atoms with Crippen molar-refractivity contribution in [3.63, 3.8) is 0 Å². The molecule has 0 N–H and O–H groups in total. The number of carbonyl (C=O) groups is 1. The Morgan fingerprint density at radius 2 is 1.59 bits per heavy atom. The highest BCUT2D eigenvalue weighted by atomic mass is 32.2. The summed E-state index contributed by atoms with van der Waals surface area (Å²) in [5, 5.41) is 0. The summed E-state index contributed by atoms with van der Waals surface area (Å²) < 4.78 is 11.3. The van der Waals surface area contributed by atoms with Crippen molar-refractivity contribution in [3.05, 3.63) is 48.5 Å². The number of rotatable bonds is 5. The number of likely N-dealkylation sites (tertiary alicyclic amines) is 1. The molecular formula is C22H27NO3S. The van der Waals surface area contributed by atoms with Crippen LogP contribution in [0.4, 0.5) is 4.79 Å². The van der Waals surface area contributed by atoms with E-state index in [0.717, 1.165) is 5.75 Å². The summed E-state index contributed by atoms with van der Waals surface area (Å²) >= 11 is 1.74. The summed E-state index contributed by atoms with van der Waals surface area (Å²) in [5.74, 6) is 1.21. The van der Waals surface area contributed by atoms with Gasteiger partial charge in [0.15, 0.2) is 0 Å². The molecule has 0 aromatic heterocycles. The number of hydrogen-bond acceptors (Lipinski definition) is 4. The number of ether oxygens (including phenoxy) is 2. The van der Waals surface area contributed by atoms with E-state index in [0.29, 0.717) is 25.6 Å². The van der Waals surface area contributed by atoms with E-state index in [1.165, 1.54) is 16.0 Å². The lowest BCUT2D eigenvalue weighted by molar-refractivity contribution is -0.00781. The zero-order chi connectivity index (χ0) is 19.4. The SMILES string of the molecule is CSc1ccc(-c2ccc(OCC3CN(C(=O)OC(C)(C)C)C3)cc2)cc1. The molecule has 0 bridgehead atoms. The summed E-state index contributed by atoms with van der Waals surface area (Å²) in [6, 6.07) is 16.7. The van der Waals surface area contributed by atoms with E-state index < -0.39 is 5.60 Å². The molecule has 27 heavy (non-hydrogen) atoms. The molecule has 2 aromatic carbocycles. The molecule has 0 unspecified atom stereocenters. The quantitative estimate of drug-likeness (QED) is 0.653. The molecule has 1 aliphatic rings. The van der Waals surface area contributed by atoms with E-state index in [1.807, 2.05) is 32.9 Å². The Bertz CT molecular complexity index is 760. The Morgan fingerprint density at radius 1 is 1.04 bits per heavy atom. The highest BCUT2D eigenvalue weighted by Crippen LogP contribution is 2.26. The van der Waals surface area contributed by atoms with Gasteiger partial charge in [0.1, 0.15) is 11.4 Å². The molecule has 4 nitrogen and oxygen atoms in total. The van der Waals surface area contributed by atoms with Crippen LogP contribution in [-0.4, -0.2) is 42.5 Å². The van der Waals surface area contributed by atoms with Gasteiger partial charge in [-0.2, -0.15) is 0 Å². The fourth-order valence-electron chi connectivity index (χ4n) is 2.89. The van der Waals surface area contributed by atoms with Gasteiger partial charge in [-0.3, -0.25) is 0 Å². The van der Waals surface area contributed by atoms with Gasteiger partial charge in [-0.25, -0.2) is 4.79 Å². The molecule has 5 heteroatoms. The van der Waals surface area contributed by atoms with Crippen LogP contribution in [0.1, 0.15) is 20.8 Å². The van der Waals surface area contributed by atoms with Crippen molar-refractivity contribution in [2.45, 2.75) is 31.3 Å². The largest absolute Gasteiger partial charge is 0.493 e. The number of amides is 1. The second-order valence-corrected chi connectivity index (χ2v) is 8.69. The maximum absolute atomic E-state index is 11.9. The number of thioether (sulfide) groups is 1. The zero-order valence-corrected chi connectivity index (χ0v) is 17.2. The molecule has 2 aromatic rings. The van der Waals surface area contributed by atoms with Crippen LogP contribution in [0.5, 0.6) is 5.75 Å². The zero-order valence-electron chi connectivity index (χ0n) is 16.4. The van der Waals surface area contributed by atoms with Gasteiger partial charge in [0.25, 0.3) is 0 Å². The van der Waals surface area contributed by atoms with Crippen molar-refractivity contribution >= 4 is 17.9 Å². The van der Waals surface area contributed by atoms with E-state index in [-0.39, 0.29) is 6.09 Å². The third kappa shape index (κ3) is 5.42. The molecule has 0 atom stereocenters. The molecule has 0 aliphatic carbocycles.